The minimum atomic E-state index is -0.395. The van der Waals surface area contributed by atoms with Gasteiger partial charge in [-0.25, -0.2) is 9.38 Å². The van der Waals surface area contributed by atoms with Crippen LogP contribution in [0.15, 0.2) is 94.0 Å². The number of rotatable bonds is 3. The van der Waals surface area contributed by atoms with E-state index < -0.39 is 5.82 Å². The lowest BCUT2D eigenvalue weighted by atomic mass is 10.1. The third-order valence-electron chi connectivity index (χ3n) is 4.19. The SMILES string of the molecule is O=C1/C(=C\c2ccccc2F)N=C(c2ccccc2Br)N1c1ccccc1. The average Bonchev–Trinajstić information content (AvgIpc) is 3.01. The molecule has 1 amide bonds. The third-order valence-corrected chi connectivity index (χ3v) is 4.88. The molecule has 0 spiro atoms. The fraction of sp³-hybridized carbons (Fsp3) is 0. The monoisotopic (exact) mass is 420 g/mol. The van der Waals surface area contributed by atoms with Gasteiger partial charge in [-0.2, -0.15) is 0 Å². The summed E-state index contributed by atoms with van der Waals surface area (Å²) < 4.78 is 14.9. The maximum atomic E-state index is 14.0. The lowest BCUT2D eigenvalue weighted by Gasteiger charge is -2.19. The molecule has 1 aliphatic heterocycles. The summed E-state index contributed by atoms with van der Waals surface area (Å²) in [5.74, 6) is -0.190. The van der Waals surface area contributed by atoms with Crippen molar-refractivity contribution in [1.82, 2.24) is 0 Å². The second kappa shape index (κ2) is 7.29. The summed E-state index contributed by atoms with van der Waals surface area (Å²) in [5, 5.41) is 0. The maximum Gasteiger partial charge on any atom is 0.282 e. The Morgan fingerprint density at radius 2 is 1.56 bits per heavy atom. The highest BCUT2D eigenvalue weighted by Crippen LogP contribution is 2.30. The third kappa shape index (κ3) is 3.34. The molecule has 0 aromatic heterocycles. The summed E-state index contributed by atoms with van der Waals surface area (Å²) in [6.45, 7) is 0. The van der Waals surface area contributed by atoms with Gasteiger partial charge in [0.05, 0.1) is 5.69 Å². The Kier molecular flexibility index (Phi) is 4.69. The minimum absolute atomic E-state index is 0.190. The number of aliphatic imine (C=N–C) groups is 1. The van der Waals surface area contributed by atoms with Crippen molar-refractivity contribution in [1.29, 1.82) is 0 Å². The van der Waals surface area contributed by atoms with Crippen LogP contribution in [0.5, 0.6) is 0 Å². The van der Waals surface area contributed by atoms with Gasteiger partial charge in [-0.05, 0) is 30.3 Å². The zero-order valence-corrected chi connectivity index (χ0v) is 15.7. The predicted octanol–water partition coefficient (Wildman–Crippen LogP) is 5.42. The second-order valence-electron chi connectivity index (χ2n) is 5.94. The van der Waals surface area contributed by atoms with Crippen LogP contribution in [0.3, 0.4) is 0 Å². The number of carbonyl (C=O) groups is 1. The second-order valence-corrected chi connectivity index (χ2v) is 6.80. The quantitative estimate of drug-likeness (QED) is 0.520. The molecule has 0 saturated heterocycles. The van der Waals surface area contributed by atoms with Crippen LogP contribution in [-0.2, 0) is 4.79 Å². The summed E-state index contributed by atoms with van der Waals surface area (Å²) in [4.78, 5) is 19.2. The normalized spacial score (nSPS) is 15.3. The van der Waals surface area contributed by atoms with E-state index in [2.05, 4.69) is 20.9 Å². The Morgan fingerprint density at radius 1 is 0.889 bits per heavy atom. The molecule has 3 nitrogen and oxygen atoms in total. The highest BCUT2D eigenvalue weighted by molar-refractivity contribution is 9.10. The van der Waals surface area contributed by atoms with Crippen LogP contribution in [0.4, 0.5) is 10.1 Å². The van der Waals surface area contributed by atoms with Crippen LogP contribution in [0.25, 0.3) is 6.08 Å². The zero-order valence-electron chi connectivity index (χ0n) is 14.1. The molecule has 3 aromatic carbocycles. The number of anilines is 1. The molecule has 27 heavy (non-hydrogen) atoms. The number of amidine groups is 1. The Morgan fingerprint density at radius 3 is 2.30 bits per heavy atom. The minimum Gasteiger partial charge on any atom is -0.266 e. The highest BCUT2D eigenvalue weighted by Gasteiger charge is 2.33. The topological polar surface area (TPSA) is 32.7 Å². The first kappa shape index (κ1) is 17.4. The van der Waals surface area contributed by atoms with E-state index >= 15 is 0 Å². The summed E-state index contributed by atoms with van der Waals surface area (Å²) in [5.41, 5.74) is 2.00. The van der Waals surface area contributed by atoms with Gasteiger partial charge in [0.2, 0.25) is 0 Å². The molecule has 1 heterocycles. The van der Waals surface area contributed by atoms with E-state index in [1.54, 1.807) is 23.1 Å². The Bertz CT molecular complexity index is 1080. The van der Waals surface area contributed by atoms with Crippen molar-refractivity contribution < 1.29 is 9.18 Å². The number of hydrogen-bond donors (Lipinski definition) is 0. The number of para-hydroxylation sites is 1. The lowest BCUT2D eigenvalue weighted by Crippen LogP contribution is -2.32. The Balaban J connectivity index is 1.87. The van der Waals surface area contributed by atoms with Crippen LogP contribution in [0, 0.1) is 5.82 Å². The van der Waals surface area contributed by atoms with E-state index in [1.165, 1.54) is 12.1 Å². The summed E-state index contributed by atoms with van der Waals surface area (Å²) in [6, 6.07) is 23.2. The van der Waals surface area contributed by atoms with Gasteiger partial charge in [0.25, 0.3) is 5.91 Å². The first-order chi connectivity index (χ1) is 13.1. The summed E-state index contributed by atoms with van der Waals surface area (Å²) >= 11 is 3.53. The van der Waals surface area contributed by atoms with E-state index in [0.29, 0.717) is 17.1 Å². The molecule has 1 aliphatic rings. The van der Waals surface area contributed by atoms with Crippen molar-refractivity contribution in [3.8, 4) is 0 Å². The Hall–Kier alpha value is -3.05. The van der Waals surface area contributed by atoms with E-state index in [-0.39, 0.29) is 11.6 Å². The van der Waals surface area contributed by atoms with Crippen LogP contribution < -0.4 is 4.90 Å². The van der Waals surface area contributed by atoms with Gasteiger partial charge in [-0.15, -0.1) is 0 Å². The number of hydrogen-bond acceptors (Lipinski definition) is 2. The molecule has 0 radical (unpaired) electrons. The van der Waals surface area contributed by atoms with Crippen LogP contribution >= 0.6 is 15.9 Å². The smallest absolute Gasteiger partial charge is 0.266 e. The molecule has 0 bridgehead atoms. The van der Waals surface area contributed by atoms with Gasteiger partial charge in [0, 0.05) is 15.6 Å². The predicted molar refractivity (Wildman–Crippen MR) is 109 cm³/mol. The van der Waals surface area contributed by atoms with Gasteiger partial charge in [-0.3, -0.25) is 9.69 Å². The summed E-state index contributed by atoms with van der Waals surface area (Å²) in [7, 11) is 0. The van der Waals surface area contributed by atoms with Crippen molar-refractivity contribution in [3.05, 3.63) is 106 Å². The van der Waals surface area contributed by atoms with E-state index in [1.807, 2.05) is 54.6 Å². The van der Waals surface area contributed by atoms with Crippen molar-refractivity contribution in [2.75, 3.05) is 4.90 Å². The number of amides is 1. The van der Waals surface area contributed by atoms with Gasteiger partial charge in [-0.1, -0.05) is 70.5 Å². The number of halogens is 2. The highest BCUT2D eigenvalue weighted by atomic mass is 79.9. The molecule has 0 aliphatic carbocycles. The van der Waals surface area contributed by atoms with Gasteiger partial charge < -0.3 is 0 Å². The van der Waals surface area contributed by atoms with Gasteiger partial charge in [0.1, 0.15) is 17.3 Å². The first-order valence-electron chi connectivity index (χ1n) is 8.34. The van der Waals surface area contributed by atoms with Crippen molar-refractivity contribution in [3.63, 3.8) is 0 Å². The number of nitrogens with zero attached hydrogens (tertiary/aromatic N) is 2. The van der Waals surface area contributed by atoms with Crippen LogP contribution in [0.2, 0.25) is 0 Å². The molecule has 0 saturated carbocycles. The zero-order chi connectivity index (χ0) is 18.8. The molecule has 0 N–H and O–H groups in total. The summed E-state index contributed by atoms with van der Waals surface area (Å²) in [6.07, 6.45) is 1.48. The van der Waals surface area contributed by atoms with E-state index in [0.717, 1.165) is 10.0 Å². The van der Waals surface area contributed by atoms with Crippen molar-refractivity contribution >= 4 is 39.4 Å². The molecule has 0 atom stereocenters. The molecule has 3 aromatic rings. The fourth-order valence-electron chi connectivity index (χ4n) is 2.90. The van der Waals surface area contributed by atoms with Crippen molar-refractivity contribution in [2.45, 2.75) is 0 Å². The Labute approximate surface area is 164 Å². The fourth-order valence-corrected chi connectivity index (χ4v) is 3.36. The molecular weight excluding hydrogens is 407 g/mol. The standard InChI is InChI=1S/C22H14BrFN2O/c23-18-12-6-5-11-17(18)21-25-20(14-15-8-4-7-13-19(15)24)22(27)26(21)16-9-2-1-3-10-16/h1-14H/b20-14+. The molecule has 4 rings (SSSR count). The molecule has 0 fully saturated rings. The average molecular weight is 421 g/mol. The molecule has 5 heteroatoms. The van der Waals surface area contributed by atoms with Gasteiger partial charge >= 0.3 is 0 Å². The van der Waals surface area contributed by atoms with Crippen LogP contribution in [0.1, 0.15) is 11.1 Å². The molecule has 0 unspecified atom stereocenters. The van der Waals surface area contributed by atoms with E-state index in [9.17, 15) is 9.18 Å². The first-order valence-corrected chi connectivity index (χ1v) is 9.14. The maximum absolute atomic E-state index is 14.0. The largest absolute Gasteiger partial charge is 0.282 e. The number of benzene rings is 3. The molecule has 132 valence electrons. The lowest BCUT2D eigenvalue weighted by molar-refractivity contribution is -0.113. The van der Waals surface area contributed by atoms with Crippen molar-refractivity contribution in [2.24, 2.45) is 4.99 Å². The van der Waals surface area contributed by atoms with Gasteiger partial charge in [0.15, 0.2) is 0 Å². The molecular formula is C22H14BrFN2O. The van der Waals surface area contributed by atoms with E-state index in [4.69, 9.17) is 0 Å². The van der Waals surface area contributed by atoms with Crippen LogP contribution in [-0.4, -0.2) is 11.7 Å². The number of carbonyl (C=O) groups excluding carboxylic acids is 1.